The van der Waals surface area contributed by atoms with Gasteiger partial charge in [-0.2, -0.15) is 4.98 Å². The topological polar surface area (TPSA) is 107 Å². The molecule has 2 N–H and O–H groups in total. The lowest BCUT2D eigenvalue weighted by atomic mass is 10.2. The second kappa shape index (κ2) is 5.13. The van der Waals surface area contributed by atoms with Gasteiger partial charge in [0, 0.05) is 13.1 Å². The molecule has 1 fully saturated rings. The Kier molecular flexibility index (Phi) is 3.56. The molecule has 2 heterocycles. The molecule has 1 unspecified atom stereocenters. The SMILES string of the molecule is CCC1CN(c2nc(N)ncc2[N+](=O)[O-])CCO1. The molecule has 98 valence electrons. The van der Waals surface area contributed by atoms with Crippen LogP contribution in [-0.2, 0) is 4.74 Å². The average Bonchev–Trinajstić information content (AvgIpc) is 2.38. The standard InChI is InChI=1S/C10H15N5O3/c1-2-7-6-14(3-4-18-7)9-8(15(16)17)5-12-10(11)13-9/h5,7H,2-4,6H2,1H3,(H2,11,12,13). The number of morpholine rings is 1. The second-order valence-electron chi connectivity index (χ2n) is 4.04. The summed E-state index contributed by atoms with van der Waals surface area (Å²) in [5.74, 6) is 0.310. The normalized spacial score (nSPS) is 19.8. The van der Waals surface area contributed by atoms with Crippen molar-refractivity contribution >= 4 is 17.5 Å². The van der Waals surface area contributed by atoms with Crippen molar-refractivity contribution in [2.45, 2.75) is 19.4 Å². The maximum Gasteiger partial charge on any atom is 0.329 e. The first-order valence-corrected chi connectivity index (χ1v) is 5.75. The van der Waals surface area contributed by atoms with Crippen molar-refractivity contribution < 1.29 is 9.66 Å². The summed E-state index contributed by atoms with van der Waals surface area (Å²) in [6.45, 7) is 3.68. The molecule has 1 aromatic heterocycles. The van der Waals surface area contributed by atoms with E-state index in [-0.39, 0.29) is 23.6 Å². The van der Waals surface area contributed by atoms with Crippen LogP contribution < -0.4 is 10.6 Å². The van der Waals surface area contributed by atoms with Crippen LogP contribution in [0.25, 0.3) is 0 Å². The molecule has 1 aliphatic heterocycles. The quantitative estimate of drug-likeness (QED) is 0.620. The molecule has 1 saturated heterocycles. The lowest BCUT2D eigenvalue weighted by Gasteiger charge is -2.32. The first-order valence-electron chi connectivity index (χ1n) is 5.75. The Balaban J connectivity index is 2.31. The van der Waals surface area contributed by atoms with E-state index in [9.17, 15) is 10.1 Å². The number of nitrogens with two attached hydrogens (primary N) is 1. The Hall–Kier alpha value is -1.96. The maximum atomic E-state index is 11.0. The van der Waals surface area contributed by atoms with E-state index in [0.29, 0.717) is 19.7 Å². The van der Waals surface area contributed by atoms with Crippen molar-refractivity contribution in [3.8, 4) is 0 Å². The molecule has 1 aliphatic rings. The Bertz CT molecular complexity index is 453. The van der Waals surface area contributed by atoms with Crippen molar-refractivity contribution in [2.75, 3.05) is 30.3 Å². The molecule has 0 bridgehead atoms. The van der Waals surface area contributed by atoms with Gasteiger partial charge in [0.15, 0.2) is 0 Å². The van der Waals surface area contributed by atoms with Gasteiger partial charge in [0.05, 0.1) is 17.6 Å². The van der Waals surface area contributed by atoms with Crippen LogP contribution in [0.3, 0.4) is 0 Å². The van der Waals surface area contributed by atoms with E-state index in [1.807, 2.05) is 11.8 Å². The van der Waals surface area contributed by atoms with E-state index in [1.165, 1.54) is 0 Å². The van der Waals surface area contributed by atoms with Crippen molar-refractivity contribution in [3.63, 3.8) is 0 Å². The summed E-state index contributed by atoms with van der Waals surface area (Å²) < 4.78 is 5.52. The smallest absolute Gasteiger partial charge is 0.329 e. The number of hydrogen-bond donors (Lipinski definition) is 1. The zero-order chi connectivity index (χ0) is 13.1. The van der Waals surface area contributed by atoms with Crippen molar-refractivity contribution in [1.82, 2.24) is 9.97 Å². The van der Waals surface area contributed by atoms with Gasteiger partial charge in [0.2, 0.25) is 11.8 Å². The molecular formula is C10H15N5O3. The van der Waals surface area contributed by atoms with Gasteiger partial charge in [-0.25, -0.2) is 4.98 Å². The molecule has 0 spiro atoms. The summed E-state index contributed by atoms with van der Waals surface area (Å²) in [4.78, 5) is 19.9. The van der Waals surface area contributed by atoms with E-state index in [4.69, 9.17) is 10.5 Å². The number of nitro groups is 1. The molecular weight excluding hydrogens is 238 g/mol. The summed E-state index contributed by atoms with van der Waals surface area (Å²) >= 11 is 0. The van der Waals surface area contributed by atoms with E-state index >= 15 is 0 Å². The third-order valence-corrected chi connectivity index (χ3v) is 2.86. The van der Waals surface area contributed by atoms with E-state index in [0.717, 1.165) is 12.6 Å². The van der Waals surface area contributed by atoms with Crippen LogP contribution in [0.5, 0.6) is 0 Å². The fraction of sp³-hybridized carbons (Fsp3) is 0.600. The molecule has 0 radical (unpaired) electrons. The monoisotopic (exact) mass is 253 g/mol. The van der Waals surface area contributed by atoms with E-state index in [1.54, 1.807) is 0 Å². The summed E-state index contributed by atoms with van der Waals surface area (Å²) in [6, 6.07) is 0. The number of ether oxygens (including phenoxy) is 1. The second-order valence-corrected chi connectivity index (χ2v) is 4.04. The molecule has 1 aromatic rings. The molecule has 18 heavy (non-hydrogen) atoms. The predicted octanol–water partition coefficient (Wildman–Crippen LogP) is 0.582. The summed E-state index contributed by atoms with van der Waals surface area (Å²) in [5, 5.41) is 11.0. The minimum Gasteiger partial charge on any atom is -0.375 e. The Labute approximate surface area is 104 Å². The Morgan fingerprint density at radius 2 is 2.50 bits per heavy atom. The van der Waals surface area contributed by atoms with Crippen molar-refractivity contribution in [2.24, 2.45) is 0 Å². The van der Waals surface area contributed by atoms with Gasteiger partial charge in [-0.15, -0.1) is 0 Å². The van der Waals surface area contributed by atoms with Gasteiger partial charge in [0.25, 0.3) is 0 Å². The summed E-state index contributed by atoms with van der Waals surface area (Å²) in [7, 11) is 0. The van der Waals surface area contributed by atoms with Crippen LogP contribution in [-0.4, -0.2) is 40.7 Å². The highest BCUT2D eigenvalue weighted by atomic mass is 16.6. The highest BCUT2D eigenvalue weighted by Crippen LogP contribution is 2.27. The Morgan fingerprint density at radius 3 is 3.17 bits per heavy atom. The van der Waals surface area contributed by atoms with Crippen LogP contribution in [0.1, 0.15) is 13.3 Å². The number of aromatic nitrogens is 2. The third-order valence-electron chi connectivity index (χ3n) is 2.86. The molecule has 0 saturated carbocycles. The van der Waals surface area contributed by atoms with Gasteiger partial charge in [-0.05, 0) is 6.42 Å². The van der Waals surface area contributed by atoms with Crippen LogP contribution in [0, 0.1) is 10.1 Å². The van der Waals surface area contributed by atoms with Gasteiger partial charge < -0.3 is 15.4 Å². The van der Waals surface area contributed by atoms with Crippen molar-refractivity contribution in [1.29, 1.82) is 0 Å². The lowest BCUT2D eigenvalue weighted by Crippen LogP contribution is -2.43. The molecule has 0 aromatic carbocycles. The molecule has 1 atom stereocenters. The molecule has 8 heteroatoms. The lowest BCUT2D eigenvalue weighted by molar-refractivity contribution is -0.384. The number of hydrogen-bond acceptors (Lipinski definition) is 7. The summed E-state index contributed by atoms with van der Waals surface area (Å²) in [6.07, 6.45) is 2.06. The zero-order valence-electron chi connectivity index (χ0n) is 10.1. The first-order chi connectivity index (χ1) is 8.61. The fourth-order valence-corrected chi connectivity index (χ4v) is 1.90. The molecule has 2 rings (SSSR count). The molecule has 0 amide bonds. The number of rotatable bonds is 3. The minimum absolute atomic E-state index is 0.0372. The fourth-order valence-electron chi connectivity index (χ4n) is 1.90. The van der Waals surface area contributed by atoms with Gasteiger partial charge in [0.1, 0.15) is 6.20 Å². The first kappa shape index (κ1) is 12.5. The van der Waals surface area contributed by atoms with Crippen LogP contribution in [0.15, 0.2) is 6.20 Å². The van der Waals surface area contributed by atoms with Gasteiger partial charge in [-0.1, -0.05) is 6.92 Å². The molecule has 0 aliphatic carbocycles. The van der Waals surface area contributed by atoms with E-state index < -0.39 is 4.92 Å². The molecule has 8 nitrogen and oxygen atoms in total. The number of anilines is 2. The highest BCUT2D eigenvalue weighted by molar-refractivity contribution is 5.58. The predicted molar refractivity (Wildman–Crippen MR) is 65.3 cm³/mol. The maximum absolute atomic E-state index is 11.0. The van der Waals surface area contributed by atoms with Gasteiger partial charge in [-0.3, -0.25) is 10.1 Å². The summed E-state index contributed by atoms with van der Waals surface area (Å²) in [5.41, 5.74) is 5.37. The van der Waals surface area contributed by atoms with Crippen LogP contribution in [0.4, 0.5) is 17.5 Å². The highest BCUT2D eigenvalue weighted by Gasteiger charge is 2.27. The zero-order valence-corrected chi connectivity index (χ0v) is 10.1. The van der Waals surface area contributed by atoms with Crippen molar-refractivity contribution in [3.05, 3.63) is 16.3 Å². The minimum atomic E-state index is -0.495. The van der Waals surface area contributed by atoms with Crippen LogP contribution >= 0.6 is 0 Å². The third kappa shape index (κ3) is 2.48. The largest absolute Gasteiger partial charge is 0.375 e. The van der Waals surface area contributed by atoms with E-state index in [2.05, 4.69) is 9.97 Å². The average molecular weight is 253 g/mol. The van der Waals surface area contributed by atoms with Crippen LogP contribution in [0.2, 0.25) is 0 Å². The number of nitrogen functional groups attached to an aromatic ring is 1. The van der Waals surface area contributed by atoms with Gasteiger partial charge >= 0.3 is 5.69 Å². The Morgan fingerprint density at radius 1 is 1.72 bits per heavy atom. The number of nitrogens with zero attached hydrogens (tertiary/aromatic N) is 4.